The molecule has 0 spiro atoms. The summed E-state index contributed by atoms with van der Waals surface area (Å²) >= 11 is 0. The Hall–Kier alpha value is -1.79. The topological polar surface area (TPSA) is 61.8 Å². The minimum atomic E-state index is 0.543. The van der Waals surface area contributed by atoms with Crippen molar-refractivity contribution in [3.8, 4) is 6.07 Å². The Balaban J connectivity index is 2.59. The van der Waals surface area contributed by atoms with Gasteiger partial charge in [0.2, 0.25) is 0 Å². The summed E-state index contributed by atoms with van der Waals surface area (Å²) in [5, 5.41) is 11.9. The zero-order valence-electron chi connectivity index (χ0n) is 7.90. The average Bonchev–Trinajstić information content (AvgIpc) is 2.25. The first-order chi connectivity index (χ1) is 6.88. The molecule has 0 radical (unpaired) electrons. The molecule has 0 aliphatic carbocycles. The van der Waals surface area contributed by atoms with E-state index in [0.29, 0.717) is 18.7 Å². The Morgan fingerprint density at radius 2 is 2.14 bits per heavy atom. The number of nitriles is 1. The van der Waals surface area contributed by atoms with E-state index >= 15 is 0 Å². The van der Waals surface area contributed by atoms with Gasteiger partial charge in [0, 0.05) is 13.1 Å². The summed E-state index contributed by atoms with van der Waals surface area (Å²) in [6, 6.07) is 9.54. The summed E-state index contributed by atoms with van der Waals surface area (Å²) in [5.74, 6) is 0. The molecule has 72 valence electrons. The van der Waals surface area contributed by atoms with E-state index in [1.807, 2.05) is 30.4 Å². The minimum absolute atomic E-state index is 0.543. The zero-order chi connectivity index (χ0) is 10.2. The maximum absolute atomic E-state index is 8.79. The van der Waals surface area contributed by atoms with Crippen LogP contribution in [0.15, 0.2) is 36.4 Å². The normalized spacial score (nSPS) is 10.0. The summed E-state index contributed by atoms with van der Waals surface area (Å²) < 4.78 is 0. The van der Waals surface area contributed by atoms with Crippen LogP contribution in [-0.4, -0.2) is 13.1 Å². The molecule has 0 fully saturated rings. The number of nitrogens with one attached hydrogen (secondary N) is 1. The molecule has 1 aromatic rings. The summed E-state index contributed by atoms with van der Waals surface area (Å²) in [6.07, 6.45) is 3.82. The first-order valence-electron chi connectivity index (χ1n) is 4.46. The Morgan fingerprint density at radius 3 is 2.86 bits per heavy atom. The molecule has 3 N–H and O–H groups in total. The second-order valence-corrected chi connectivity index (χ2v) is 2.75. The number of benzene rings is 1. The molecule has 0 saturated heterocycles. The van der Waals surface area contributed by atoms with Gasteiger partial charge in [0.1, 0.15) is 6.07 Å². The third-order valence-electron chi connectivity index (χ3n) is 1.76. The fourth-order valence-corrected chi connectivity index (χ4v) is 1.08. The van der Waals surface area contributed by atoms with E-state index in [9.17, 15) is 0 Å². The molecule has 0 aliphatic rings. The Labute approximate surface area is 83.8 Å². The molecule has 3 nitrogen and oxygen atoms in total. The third-order valence-corrected chi connectivity index (χ3v) is 1.76. The predicted octanol–water partition coefficient (Wildman–Crippen LogP) is 1.49. The second kappa shape index (κ2) is 5.79. The van der Waals surface area contributed by atoms with E-state index in [0.717, 1.165) is 5.69 Å². The molecule has 0 aliphatic heterocycles. The molecule has 0 aromatic heterocycles. The fraction of sp³-hybridized carbons (Fsp3) is 0.182. The van der Waals surface area contributed by atoms with Gasteiger partial charge in [0.15, 0.2) is 0 Å². The highest BCUT2D eigenvalue weighted by molar-refractivity contribution is 5.57. The van der Waals surface area contributed by atoms with Crippen LogP contribution in [0.2, 0.25) is 0 Å². The Kier molecular flexibility index (Phi) is 4.25. The van der Waals surface area contributed by atoms with E-state index in [1.54, 1.807) is 6.07 Å². The Bertz CT molecular complexity index is 350. The lowest BCUT2D eigenvalue weighted by atomic mass is 10.2. The molecular formula is C11H13N3. The van der Waals surface area contributed by atoms with Crippen LogP contribution in [0.4, 0.5) is 5.69 Å². The van der Waals surface area contributed by atoms with Crippen LogP contribution in [0.25, 0.3) is 0 Å². The van der Waals surface area contributed by atoms with Crippen molar-refractivity contribution in [3.05, 3.63) is 42.0 Å². The van der Waals surface area contributed by atoms with Crippen LogP contribution < -0.4 is 11.1 Å². The summed E-state index contributed by atoms with van der Waals surface area (Å²) in [7, 11) is 0. The zero-order valence-corrected chi connectivity index (χ0v) is 7.90. The summed E-state index contributed by atoms with van der Waals surface area (Å²) in [5.41, 5.74) is 6.82. The molecule has 0 heterocycles. The fourth-order valence-electron chi connectivity index (χ4n) is 1.08. The molecule has 1 aromatic carbocycles. The summed E-state index contributed by atoms with van der Waals surface area (Å²) in [4.78, 5) is 0. The van der Waals surface area contributed by atoms with Gasteiger partial charge in [-0.3, -0.25) is 0 Å². The molecule has 0 atom stereocenters. The molecule has 0 saturated carbocycles. The van der Waals surface area contributed by atoms with Crippen LogP contribution in [0.3, 0.4) is 0 Å². The highest BCUT2D eigenvalue weighted by Gasteiger charge is 1.96. The maximum Gasteiger partial charge on any atom is 0.101 e. The lowest BCUT2D eigenvalue weighted by Gasteiger charge is -2.04. The number of hydrogen-bond donors (Lipinski definition) is 2. The second-order valence-electron chi connectivity index (χ2n) is 2.75. The van der Waals surface area contributed by atoms with Crippen molar-refractivity contribution < 1.29 is 0 Å². The quantitative estimate of drug-likeness (QED) is 0.702. The number of anilines is 1. The highest BCUT2D eigenvalue weighted by Crippen LogP contribution is 2.12. The Morgan fingerprint density at radius 1 is 1.36 bits per heavy atom. The first kappa shape index (κ1) is 10.3. The van der Waals surface area contributed by atoms with Crippen molar-refractivity contribution in [2.75, 3.05) is 18.4 Å². The molecule has 3 heteroatoms. The summed E-state index contributed by atoms with van der Waals surface area (Å²) in [6.45, 7) is 1.23. The van der Waals surface area contributed by atoms with Crippen molar-refractivity contribution in [1.29, 1.82) is 5.26 Å². The number of nitrogens with zero attached hydrogens (tertiary/aromatic N) is 1. The monoisotopic (exact) mass is 187 g/mol. The molecular weight excluding hydrogens is 174 g/mol. The van der Waals surface area contributed by atoms with E-state index < -0.39 is 0 Å². The van der Waals surface area contributed by atoms with Gasteiger partial charge in [-0.25, -0.2) is 0 Å². The van der Waals surface area contributed by atoms with Crippen molar-refractivity contribution >= 4 is 5.69 Å². The van der Waals surface area contributed by atoms with E-state index in [-0.39, 0.29) is 0 Å². The van der Waals surface area contributed by atoms with Gasteiger partial charge >= 0.3 is 0 Å². The lowest BCUT2D eigenvalue weighted by Crippen LogP contribution is -2.01. The van der Waals surface area contributed by atoms with Crippen LogP contribution >= 0.6 is 0 Å². The third kappa shape index (κ3) is 2.92. The minimum Gasteiger partial charge on any atom is -0.381 e. The van der Waals surface area contributed by atoms with Crippen molar-refractivity contribution in [1.82, 2.24) is 0 Å². The highest BCUT2D eigenvalue weighted by atomic mass is 14.9. The van der Waals surface area contributed by atoms with Gasteiger partial charge < -0.3 is 11.1 Å². The number of para-hydroxylation sites is 1. The number of hydrogen-bond acceptors (Lipinski definition) is 3. The van der Waals surface area contributed by atoms with Crippen LogP contribution in [0.1, 0.15) is 5.56 Å². The SMILES string of the molecule is N#Cc1ccccc1NC/C=C/CN. The number of nitrogens with two attached hydrogens (primary N) is 1. The smallest absolute Gasteiger partial charge is 0.101 e. The van der Waals surface area contributed by atoms with Crippen molar-refractivity contribution in [2.45, 2.75) is 0 Å². The molecule has 0 unspecified atom stereocenters. The predicted molar refractivity (Wildman–Crippen MR) is 57.8 cm³/mol. The first-order valence-corrected chi connectivity index (χ1v) is 4.46. The van der Waals surface area contributed by atoms with Crippen molar-refractivity contribution in [2.24, 2.45) is 5.73 Å². The van der Waals surface area contributed by atoms with Gasteiger partial charge in [0.25, 0.3) is 0 Å². The van der Waals surface area contributed by atoms with Crippen molar-refractivity contribution in [3.63, 3.8) is 0 Å². The lowest BCUT2D eigenvalue weighted by molar-refractivity contribution is 1.22. The van der Waals surface area contributed by atoms with E-state index in [2.05, 4.69) is 11.4 Å². The maximum atomic E-state index is 8.79. The van der Waals surface area contributed by atoms with Gasteiger partial charge in [-0.15, -0.1) is 0 Å². The van der Waals surface area contributed by atoms with E-state index in [1.165, 1.54) is 0 Å². The van der Waals surface area contributed by atoms with E-state index in [4.69, 9.17) is 11.0 Å². The van der Waals surface area contributed by atoms with Crippen LogP contribution in [0, 0.1) is 11.3 Å². The molecule has 14 heavy (non-hydrogen) atoms. The van der Waals surface area contributed by atoms with Crippen LogP contribution in [-0.2, 0) is 0 Å². The molecule has 0 bridgehead atoms. The van der Waals surface area contributed by atoms with Crippen LogP contribution in [0.5, 0.6) is 0 Å². The standard InChI is InChI=1S/C11H13N3/c12-7-3-4-8-14-11-6-2-1-5-10(11)9-13/h1-6,14H,7-8,12H2/b4-3+. The van der Waals surface area contributed by atoms with Gasteiger partial charge in [-0.2, -0.15) is 5.26 Å². The number of rotatable bonds is 4. The van der Waals surface area contributed by atoms with Gasteiger partial charge in [-0.1, -0.05) is 24.3 Å². The average molecular weight is 187 g/mol. The van der Waals surface area contributed by atoms with Gasteiger partial charge in [-0.05, 0) is 12.1 Å². The molecule has 0 amide bonds. The van der Waals surface area contributed by atoms with Gasteiger partial charge in [0.05, 0.1) is 11.3 Å². The largest absolute Gasteiger partial charge is 0.381 e. The molecule has 1 rings (SSSR count).